The minimum absolute atomic E-state index is 0. The van der Waals surface area contributed by atoms with E-state index in [0.717, 1.165) is 53.6 Å². The number of methoxy groups -OCH3 is 1. The minimum Gasteiger partial charge on any atom is -0.384 e. The predicted octanol–water partition coefficient (Wildman–Crippen LogP) is 3.34. The molecule has 1 aromatic carbocycles. The Morgan fingerprint density at radius 1 is 1.21 bits per heavy atom. The molecule has 0 fully saturated rings. The van der Waals surface area contributed by atoms with Crippen LogP contribution in [-0.2, 0) is 17.7 Å². The quantitative estimate of drug-likeness (QED) is 0.451. The van der Waals surface area contributed by atoms with Crippen molar-refractivity contribution >= 4 is 33.8 Å². The molecule has 2 aromatic heterocycles. The number of nitrogens with one attached hydrogen (secondary N) is 2. The molecule has 3 aromatic rings. The molecule has 0 bridgehead atoms. The first-order chi connectivity index (χ1) is 14.2. The molecule has 0 saturated heterocycles. The van der Waals surface area contributed by atoms with Crippen molar-refractivity contribution in [1.29, 1.82) is 0 Å². The summed E-state index contributed by atoms with van der Waals surface area (Å²) in [6.07, 6.45) is 3.42. The number of nitrogens with zero attached hydrogens (tertiary/aromatic N) is 3. The number of pyridine rings is 1. The third kappa shape index (κ3) is 4.95. The number of fused-ring (bicyclic) bond motifs is 3. The van der Waals surface area contributed by atoms with Crippen molar-refractivity contribution in [2.45, 2.75) is 39.2 Å². The van der Waals surface area contributed by atoms with E-state index >= 15 is 0 Å². The van der Waals surface area contributed by atoms with Gasteiger partial charge in [-0.05, 0) is 25.3 Å². The fourth-order valence-corrected chi connectivity index (χ4v) is 3.43. The second-order valence-electron chi connectivity index (χ2n) is 7.02. The van der Waals surface area contributed by atoms with Crippen LogP contribution in [0, 0.1) is 0 Å². The molecule has 2 heterocycles. The van der Waals surface area contributed by atoms with Crippen LogP contribution >= 0.6 is 0 Å². The minimum atomic E-state index is -0.106. The highest BCUT2D eigenvalue weighted by atomic mass is 16.5. The number of urea groups is 1. The summed E-state index contributed by atoms with van der Waals surface area (Å²) >= 11 is 0. The van der Waals surface area contributed by atoms with Crippen LogP contribution in [-0.4, -0.2) is 47.4 Å². The summed E-state index contributed by atoms with van der Waals surface area (Å²) in [5.41, 5.74) is 8.84. The molecular weight excluding hydrogens is 368 g/mol. The summed E-state index contributed by atoms with van der Waals surface area (Å²) in [5, 5.41) is 6.76. The Balaban J connectivity index is 0.00000240. The largest absolute Gasteiger partial charge is 0.384 e. The first kappa shape index (κ1) is 20.9. The normalized spacial score (nSPS) is 11.2. The number of benzene rings is 1. The average Bonchev–Trinajstić information content (AvgIpc) is 3.10. The fraction of sp³-hybridized carbons (Fsp3) is 0.476. The molecule has 8 nitrogen and oxygen atoms in total. The molecule has 2 amide bonds. The number of aromatic nitrogens is 3. The van der Waals surface area contributed by atoms with Crippen LogP contribution in [0.25, 0.3) is 21.9 Å². The van der Waals surface area contributed by atoms with E-state index in [9.17, 15) is 4.79 Å². The van der Waals surface area contributed by atoms with Gasteiger partial charge in [-0.1, -0.05) is 25.1 Å². The molecule has 0 atom stereocenters. The summed E-state index contributed by atoms with van der Waals surface area (Å²) in [6, 6.07) is 7.89. The Bertz CT molecular complexity index is 979. The van der Waals surface area contributed by atoms with Gasteiger partial charge in [-0.25, -0.2) is 14.8 Å². The van der Waals surface area contributed by atoms with E-state index in [2.05, 4.69) is 26.3 Å². The number of hydrogen-bond acceptors (Lipinski definition) is 5. The lowest BCUT2D eigenvalue weighted by molar-refractivity contribution is 0.199. The summed E-state index contributed by atoms with van der Waals surface area (Å²) in [7, 11) is 1.69. The lowest BCUT2D eigenvalue weighted by Gasteiger charge is -2.11. The van der Waals surface area contributed by atoms with E-state index in [1.807, 2.05) is 25.1 Å². The zero-order chi connectivity index (χ0) is 20.6. The van der Waals surface area contributed by atoms with E-state index in [4.69, 9.17) is 15.5 Å². The molecule has 8 heteroatoms. The standard InChI is InChI=1S/C21H30N6O2.2H2/c1-3-11-23-21(28)24-12-6-7-13-27-17(10-14-29-2)26-18-19(27)15-8-4-5-9-16(15)25-20(18)22;;/h4-5,8-9H,3,6-7,10-14H2,1-2H3,(H2,22,25)(H2,23,24,28);2*1H. The van der Waals surface area contributed by atoms with Crippen LogP contribution in [0.2, 0.25) is 0 Å². The van der Waals surface area contributed by atoms with Crippen molar-refractivity contribution in [2.75, 3.05) is 32.5 Å². The summed E-state index contributed by atoms with van der Waals surface area (Å²) in [6.45, 7) is 4.75. The second kappa shape index (κ2) is 10.1. The number of amides is 2. The predicted molar refractivity (Wildman–Crippen MR) is 120 cm³/mol. The Hall–Kier alpha value is -2.87. The van der Waals surface area contributed by atoms with E-state index in [1.165, 1.54) is 0 Å². The molecule has 4 N–H and O–H groups in total. The van der Waals surface area contributed by atoms with Crippen LogP contribution in [0.15, 0.2) is 24.3 Å². The summed E-state index contributed by atoms with van der Waals surface area (Å²) < 4.78 is 7.49. The molecule has 0 radical (unpaired) electrons. The lowest BCUT2D eigenvalue weighted by atomic mass is 10.2. The first-order valence-corrected chi connectivity index (χ1v) is 10.2. The number of nitrogen functional groups attached to an aromatic ring is 1. The molecular formula is C21H34N6O2. The number of unbranched alkanes of at least 4 members (excludes halogenated alkanes) is 1. The van der Waals surface area contributed by atoms with Gasteiger partial charge in [0.2, 0.25) is 0 Å². The molecule has 0 spiro atoms. The van der Waals surface area contributed by atoms with Crippen LogP contribution in [0.4, 0.5) is 10.6 Å². The molecule has 0 saturated carbocycles. The van der Waals surface area contributed by atoms with Crippen LogP contribution in [0.3, 0.4) is 0 Å². The monoisotopic (exact) mass is 402 g/mol. The number of aryl methyl sites for hydroxylation is 1. The second-order valence-corrected chi connectivity index (χ2v) is 7.02. The van der Waals surface area contributed by atoms with Gasteiger partial charge in [-0.3, -0.25) is 0 Å². The fourth-order valence-electron chi connectivity index (χ4n) is 3.43. The van der Waals surface area contributed by atoms with E-state index in [1.54, 1.807) is 7.11 Å². The Labute approximate surface area is 173 Å². The highest BCUT2D eigenvalue weighted by Gasteiger charge is 2.16. The Morgan fingerprint density at radius 3 is 2.79 bits per heavy atom. The summed E-state index contributed by atoms with van der Waals surface area (Å²) in [4.78, 5) is 20.9. The number of ether oxygens (including phenoxy) is 1. The number of anilines is 1. The van der Waals surface area contributed by atoms with Gasteiger partial charge in [-0.15, -0.1) is 0 Å². The van der Waals surface area contributed by atoms with Crippen molar-refractivity contribution < 1.29 is 12.4 Å². The van der Waals surface area contributed by atoms with E-state index in [-0.39, 0.29) is 8.88 Å². The molecule has 0 unspecified atom stereocenters. The van der Waals surface area contributed by atoms with E-state index < -0.39 is 0 Å². The SMILES string of the molecule is CCCNC(=O)NCCCCn1c(CCOC)nc2c(N)nc3ccccc3c21.[HH].[HH]. The Kier molecular flexibility index (Phi) is 7.24. The van der Waals surface area contributed by atoms with Crippen molar-refractivity contribution in [2.24, 2.45) is 0 Å². The van der Waals surface area contributed by atoms with Crippen LogP contribution in [0.1, 0.15) is 34.9 Å². The molecule has 0 aliphatic heterocycles. The number of rotatable bonds is 10. The van der Waals surface area contributed by atoms with Gasteiger partial charge in [0.05, 0.1) is 17.6 Å². The number of imidazole rings is 1. The number of carbonyl (C=O) groups excluding carboxylic acids is 1. The highest BCUT2D eigenvalue weighted by molar-refractivity contribution is 6.06. The van der Waals surface area contributed by atoms with E-state index in [0.29, 0.717) is 31.9 Å². The van der Waals surface area contributed by atoms with Crippen molar-refractivity contribution in [3.05, 3.63) is 30.1 Å². The average molecular weight is 403 g/mol. The third-order valence-electron chi connectivity index (χ3n) is 4.85. The summed E-state index contributed by atoms with van der Waals surface area (Å²) in [5.74, 6) is 1.39. The molecule has 160 valence electrons. The zero-order valence-electron chi connectivity index (χ0n) is 17.2. The van der Waals surface area contributed by atoms with Crippen molar-refractivity contribution in [1.82, 2.24) is 25.2 Å². The van der Waals surface area contributed by atoms with Gasteiger partial charge in [0.15, 0.2) is 5.82 Å². The van der Waals surface area contributed by atoms with Gasteiger partial charge in [0, 0.05) is 41.4 Å². The van der Waals surface area contributed by atoms with Crippen molar-refractivity contribution in [3.8, 4) is 0 Å². The molecule has 0 aliphatic rings. The first-order valence-electron chi connectivity index (χ1n) is 10.2. The Morgan fingerprint density at radius 2 is 2.00 bits per heavy atom. The lowest BCUT2D eigenvalue weighted by Crippen LogP contribution is -2.36. The topological polar surface area (TPSA) is 107 Å². The number of carbonyl (C=O) groups is 1. The van der Waals surface area contributed by atoms with Gasteiger partial charge in [0.1, 0.15) is 11.3 Å². The molecule has 29 heavy (non-hydrogen) atoms. The van der Waals surface area contributed by atoms with Gasteiger partial charge in [-0.2, -0.15) is 0 Å². The zero-order valence-corrected chi connectivity index (χ0v) is 17.2. The molecule has 3 rings (SSSR count). The highest BCUT2D eigenvalue weighted by Crippen LogP contribution is 2.29. The van der Waals surface area contributed by atoms with Crippen molar-refractivity contribution in [3.63, 3.8) is 0 Å². The number of para-hydroxylation sites is 1. The maximum absolute atomic E-state index is 11.7. The third-order valence-corrected chi connectivity index (χ3v) is 4.85. The van der Waals surface area contributed by atoms with Crippen LogP contribution < -0.4 is 16.4 Å². The number of nitrogens with two attached hydrogens (primary N) is 1. The van der Waals surface area contributed by atoms with Gasteiger partial charge < -0.3 is 25.7 Å². The van der Waals surface area contributed by atoms with Gasteiger partial charge >= 0.3 is 6.03 Å². The van der Waals surface area contributed by atoms with Gasteiger partial charge in [0.25, 0.3) is 0 Å². The smallest absolute Gasteiger partial charge is 0.314 e. The maximum Gasteiger partial charge on any atom is 0.314 e. The maximum atomic E-state index is 11.7. The number of hydrogen-bond donors (Lipinski definition) is 3. The van der Waals surface area contributed by atoms with Crippen LogP contribution in [0.5, 0.6) is 0 Å². The molecule has 0 aliphatic carbocycles.